The zero-order valence-electron chi connectivity index (χ0n) is 17.1. The fourth-order valence-corrected chi connectivity index (χ4v) is 5.39. The first kappa shape index (κ1) is 23.2. The van der Waals surface area contributed by atoms with Crippen molar-refractivity contribution in [2.24, 2.45) is 0 Å². The van der Waals surface area contributed by atoms with Crippen LogP contribution in [0.2, 0.25) is 10.0 Å². The molecule has 2 heterocycles. The molecule has 0 spiro atoms. The molecule has 4 rings (SSSR count). The molecular weight excluding hydrogens is 490 g/mol. The summed E-state index contributed by atoms with van der Waals surface area (Å²) in [6, 6.07) is 10.1. The van der Waals surface area contributed by atoms with Crippen LogP contribution in [0.5, 0.6) is 0 Å². The Balaban J connectivity index is 1.79. The number of nitrogens with two attached hydrogens (primary N) is 1. The molecule has 11 heteroatoms. The smallest absolute Gasteiger partial charge is 0.263 e. The Morgan fingerprint density at radius 2 is 1.91 bits per heavy atom. The van der Waals surface area contributed by atoms with Crippen LogP contribution in [0, 0.1) is 12.7 Å². The van der Waals surface area contributed by atoms with Crippen LogP contribution in [0.1, 0.15) is 11.3 Å². The molecule has 0 amide bonds. The van der Waals surface area contributed by atoms with Gasteiger partial charge in [-0.05, 0) is 36.8 Å². The minimum atomic E-state index is -4.33. The molecular formula is C22H17Cl2FN4O3S. The van der Waals surface area contributed by atoms with Crippen molar-refractivity contribution in [2.75, 3.05) is 10.5 Å². The minimum absolute atomic E-state index is 0.0603. The average molecular weight is 507 g/mol. The summed E-state index contributed by atoms with van der Waals surface area (Å²) in [6.07, 6.45) is 1.53. The normalized spacial score (nSPS) is 11.7. The number of aliphatic hydroxyl groups is 1. The lowest BCUT2D eigenvalue weighted by Gasteiger charge is -2.15. The van der Waals surface area contributed by atoms with E-state index < -0.39 is 22.4 Å². The highest BCUT2D eigenvalue weighted by atomic mass is 35.5. The second kappa shape index (κ2) is 8.75. The first-order valence-electron chi connectivity index (χ1n) is 9.54. The van der Waals surface area contributed by atoms with Gasteiger partial charge >= 0.3 is 0 Å². The van der Waals surface area contributed by atoms with Crippen molar-refractivity contribution in [3.63, 3.8) is 0 Å². The summed E-state index contributed by atoms with van der Waals surface area (Å²) in [7, 11) is -4.33. The molecule has 0 aliphatic carbocycles. The Kier molecular flexibility index (Phi) is 6.15. The zero-order valence-corrected chi connectivity index (χ0v) is 19.4. The second-order valence-corrected chi connectivity index (χ2v) is 9.70. The predicted octanol–water partition coefficient (Wildman–Crippen LogP) is 4.93. The first-order chi connectivity index (χ1) is 15.6. The van der Waals surface area contributed by atoms with Crippen molar-refractivity contribution >= 4 is 55.6 Å². The molecule has 0 atom stereocenters. The third-order valence-electron chi connectivity index (χ3n) is 4.98. The lowest BCUT2D eigenvalue weighted by atomic mass is 10.0. The van der Waals surface area contributed by atoms with Crippen molar-refractivity contribution in [3.05, 3.63) is 75.8 Å². The number of nitrogens with one attached hydrogen (secondary N) is 1. The predicted molar refractivity (Wildman–Crippen MR) is 127 cm³/mol. The van der Waals surface area contributed by atoms with Gasteiger partial charge in [-0.25, -0.2) is 17.8 Å². The number of hydrogen-bond donors (Lipinski definition) is 3. The molecule has 170 valence electrons. The molecule has 0 radical (unpaired) electrons. The fraction of sp³-hybridized carbons (Fsp3) is 0.0909. The van der Waals surface area contributed by atoms with Crippen molar-refractivity contribution < 1.29 is 17.9 Å². The number of benzene rings is 2. The highest BCUT2D eigenvalue weighted by Gasteiger charge is 2.24. The number of aliphatic hydroxyl groups excluding tert-OH is 1. The Labute approximate surface area is 199 Å². The second-order valence-electron chi connectivity index (χ2n) is 7.23. The maximum Gasteiger partial charge on any atom is 0.263 e. The van der Waals surface area contributed by atoms with Crippen LogP contribution < -0.4 is 10.5 Å². The van der Waals surface area contributed by atoms with Crippen LogP contribution in [0.25, 0.3) is 22.0 Å². The van der Waals surface area contributed by atoms with E-state index in [9.17, 15) is 13.5 Å². The fourth-order valence-electron chi connectivity index (χ4n) is 3.40. The third-order valence-corrected chi connectivity index (χ3v) is 7.15. The third kappa shape index (κ3) is 4.45. The highest BCUT2D eigenvalue weighted by molar-refractivity contribution is 7.92. The van der Waals surface area contributed by atoms with E-state index in [0.717, 1.165) is 6.07 Å². The maximum atomic E-state index is 15.5. The zero-order chi connectivity index (χ0) is 23.9. The van der Waals surface area contributed by atoms with E-state index in [1.165, 1.54) is 30.5 Å². The highest BCUT2D eigenvalue weighted by Crippen LogP contribution is 2.34. The van der Waals surface area contributed by atoms with Crippen molar-refractivity contribution in [1.82, 2.24) is 9.97 Å². The van der Waals surface area contributed by atoms with E-state index in [4.69, 9.17) is 28.9 Å². The summed E-state index contributed by atoms with van der Waals surface area (Å²) in [5.74, 6) is -0.483. The Bertz CT molecular complexity index is 1510. The lowest BCUT2D eigenvalue weighted by molar-refractivity contribution is 0.281. The number of pyridine rings is 2. The van der Waals surface area contributed by atoms with Gasteiger partial charge in [-0.15, -0.1) is 0 Å². The number of rotatable bonds is 5. The SMILES string of the molecule is Cc1nc2cc(N)ncc2cc1-c1cccc(NS(=O)(=O)c2cc(Cl)cc(CO)c2Cl)c1F. The quantitative estimate of drug-likeness (QED) is 0.353. The average Bonchev–Trinajstić information content (AvgIpc) is 2.76. The molecule has 0 aliphatic heterocycles. The number of aryl methyl sites for hydroxylation is 1. The Morgan fingerprint density at radius 3 is 2.64 bits per heavy atom. The van der Waals surface area contributed by atoms with Crippen LogP contribution in [0.3, 0.4) is 0 Å². The summed E-state index contributed by atoms with van der Waals surface area (Å²) in [6.45, 7) is 1.20. The first-order valence-corrected chi connectivity index (χ1v) is 11.8. The molecule has 4 aromatic rings. The van der Waals surface area contributed by atoms with E-state index in [-0.39, 0.29) is 31.8 Å². The molecule has 0 aliphatic rings. The van der Waals surface area contributed by atoms with Crippen LogP contribution >= 0.6 is 23.2 Å². The molecule has 2 aromatic carbocycles. The number of halogens is 3. The lowest BCUT2D eigenvalue weighted by Crippen LogP contribution is -2.15. The number of sulfonamides is 1. The van der Waals surface area contributed by atoms with Gasteiger partial charge in [-0.2, -0.15) is 0 Å². The number of fused-ring (bicyclic) bond motifs is 1. The van der Waals surface area contributed by atoms with Gasteiger partial charge in [-0.1, -0.05) is 35.3 Å². The number of aromatic nitrogens is 2. The van der Waals surface area contributed by atoms with E-state index >= 15 is 4.39 Å². The summed E-state index contributed by atoms with van der Waals surface area (Å²) in [5, 5.41) is 9.92. The van der Waals surface area contributed by atoms with Gasteiger partial charge in [0.2, 0.25) is 0 Å². The molecule has 4 N–H and O–H groups in total. The van der Waals surface area contributed by atoms with Gasteiger partial charge in [0.05, 0.1) is 22.8 Å². The number of anilines is 2. The number of hydrogen-bond acceptors (Lipinski definition) is 6. The molecule has 0 saturated heterocycles. The van der Waals surface area contributed by atoms with Crippen molar-refractivity contribution in [2.45, 2.75) is 18.4 Å². The van der Waals surface area contributed by atoms with Gasteiger partial charge in [-0.3, -0.25) is 9.71 Å². The molecule has 0 fully saturated rings. The topological polar surface area (TPSA) is 118 Å². The van der Waals surface area contributed by atoms with Crippen molar-refractivity contribution in [1.29, 1.82) is 0 Å². The molecule has 0 saturated carbocycles. The molecule has 7 nitrogen and oxygen atoms in total. The van der Waals surface area contributed by atoms with E-state index in [1.54, 1.807) is 19.1 Å². The monoisotopic (exact) mass is 506 g/mol. The van der Waals surface area contributed by atoms with Crippen LogP contribution in [0.15, 0.2) is 53.6 Å². The van der Waals surface area contributed by atoms with E-state index in [1.807, 2.05) is 0 Å². The van der Waals surface area contributed by atoms with Gasteiger partial charge in [0.1, 0.15) is 10.7 Å². The van der Waals surface area contributed by atoms with Crippen molar-refractivity contribution in [3.8, 4) is 11.1 Å². The summed E-state index contributed by atoms with van der Waals surface area (Å²) in [5.41, 5.74) is 7.29. The van der Waals surface area contributed by atoms with Gasteiger partial charge in [0.15, 0.2) is 5.82 Å². The van der Waals surface area contributed by atoms with Gasteiger partial charge < -0.3 is 10.8 Å². The Hall–Kier alpha value is -2.98. The van der Waals surface area contributed by atoms with Crippen LogP contribution in [-0.4, -0.2) is 23.5 Å². The number of nitrogen functional groups attached to an aromatic ring is 1. The summed E-state index contributed by atoms with van der Waals surface area (Å²) in [4.78, 5) is 8.12. The van der Waals surface area contributed by atoms with E-state index in [0.29, 0.717) is 28.0 Å². The Morgan fingerprint density at radius 1 is 1.15 bits per heavy atom. The summed E-state index contributed by atoms with van der Waals surface area (Å²) < 4.78 is 43.7. The maximum absolute atomic E-state index is 15.5. The standard InChI is InChI=1S/C22H17Cl2FN4O3S/c1-11-16(6-12-9-27-20(26)8-18(12)28-11)15-3-2-4-17(22(15)25)29-33(31,32)19-7-14(23)5-13(10-30)21(19)24/h2-9,29-30H,10H2,1H3,(H2,26,27). The number of nitrogens with zero attached hydrogens (tertiary/aromatic N) is 2. The molecule has 0 unspecified atom stereocenters. The molecule has 2 aromatic heterocycles. The molecule has 33 heavy (non-hydrogen) atoms. The molecule has 0 bridgehead atoms. The van der Waals surface area contributed by atoms with Crippen LogP contribution in [-0.2, 0) is 16.6 Å². The summed E-state index contributed by atoms with van der Waals surface area (Å²) >= 11 is 12.1. The minimum Gasteiger partial charge on any atom is -0.392 e. The van der Waals surface area contributed by atoms with Crippen LogP contribution in [0.4, 0.5) is 15.9 Å². The van der Waals surface area contributed by atoms with E-state index in [2.05, 4.69) is 14.7 Å². The van der Waals surface area contributed by atoms with Gasteiger partial charge in [0.25, 0.3) is 10.0 Å². The van der Waals surface area contributed by atoms with Gasteiger partial charge in [0, 0.05) is 39.5 Å². The largest absolute Gasteiger partial charge is 0.392 e.